The van der Waals surface area contributed by atoms with Gasteiger partial charge in [-0.15, -0.1) is 12.4 Å². The lowest BCUT2D eigenvalue weighted by molar-refractivity contribution is 0.704. The predicted octanol–water partition coefficient (Wildman–Crippen LogP) is 0.825. The molecule has 0 amide bonds. The van der Waals surface area contributed by atoms with Crippen molar-refractivity contribution in [1.82, 2.24) is 5.32 Å². The van der Waals surface area contributed by atoms with E-state index in [1.54, 1.807) is 0 Å². The second kappa shape index (κ2) is 11.1. The summed E-state index contributed by atoms with van der Waals surface area (Å²) in [6.07, 6.45) is 1.04. The molecule has 0 fully saturated rings. The average molecular weight is 160 g/mol. The van der Waals surface area contributed by atoms with Crippen LogP contribution in [0.4, 0.5) is 0 Å². The molecule has 0 aliphatic heterocycles. The van der Waals surface area contributed by atoms with Crippen LogP contribution in [0.3, 0.4) is 0 Å². The van der Waals surface area contributed by atoms with Crippen LogP contribution in [0.2, 0.25) is 0 Å². The molecule has 0 rings (SSSR count). The Morgan fingerprint density at radius 2 is 1.40 bits per heavy atom. The lowest BCUT2D eigenvalue weighted by Gasteiger charge is -1.93. The maximum absolute atomic E-state index is 8.07. The molecule has 10 heavy (non-hydrogen) atoms. The largest absolute Gasteiger partial charge is 0.315 e. The third-order valence-electron chi connectivity index (χ3n) is 0.827. The summed E-state index contributed by atoms with van der Waals surface area (Å²) in [5, 5.41) is 19.1. The van der Waals surface area contributed by atoms with Crippen LogP contribution in [-0.4, -0.2) is 13.1 Å². The molecule has 0 unspecified atom stereocenters. The van der Waals surface area contributed by atoms with E-state index in [2.05, 4.69) is 5.32 Å². The number of halogens is 1. The van der Waals surface area contributed by atoms with Gasteiger partial charge in [-0.05, 0) is 0 Å². The summed E-state index contributed by atoms with van der Waals surface area (Å²) < 4.78 is 0. The quantitative estimate of drug-likeness (QED) is 0.618. The zero-order valence-electron chi connectivity index (χ0n) is 5.63. The molecule has 56 valence electrons. The molecule has 0 radical (unpaired) electrons. The second-order valence-corrected chi connectivity index (χ2v) is 1.57. The predicted molar refractivity (Wildman–Crippen MR) is 40.6 cm³/mol. The summed E-state index contributed by atoms with van der Waals surface area (Å²) in [6, 6.07) is 4.00. The van der Waals surface area contributed by atoms with Crippen LogP contribution in [0.25, 0.3) is 0 Å². The monoisotopic (exact) mass is 159 g/mol. The van der Waals surface area contributed by atoms with Crippen molar-refractivity contribution >= 4 is 12.4 Å². The molecule has 0 spiro atoms. The number of nitriles is 2. The van der Waals surface area contributed by atoms with Gasteiger partial charge in [0, 0.05) is 25.9 Å². The van der Waals surface area contributed by atoms with Crippen molar-refractivity contribution in [2.75, 3.05) is 13.1 Å². The molecule has 4 heteroatoms. The molecule has 0 heterocycles. The Morgan fingerprint density at radius 3 is 1.70 bits per heavy atom. The standard InChI is InChI=1S/C6H9N3.ClH/c7-3-1-5-9-6-2-4-8;/h9H,1-2,5-6H2;1H. The van der Waals surface area contributed by atoms with Crippen LogP contribution in [0.1, 0.15) is 12.8 Å². The van der Waals surface area contributed by atoms with Crippen molar-refractivity contribution in [3.8, 4) is 12.1 Å². The van der Waals surface area contributed by atoms with E-state index < -0.39 is 0 Å². The van der Waals surface area contributed by atoms with E-state index in [-0.39, 0.29) is 12.4 Å². The van der Waals surface area contributed by atoms with Gasteiger partial charge in [-0.1, -0.05) is 0 Å². The molecule has 0 bridgehead atoms. The summed E-state index contributed by atoms with van der Waals surface area (Å²) in [6.45, 7) is 1.39. The van der Waals surface area contributed by atoms with Gasteiger partial charge >= 0.3 is 0 Å². The minimum absolute atomic E-state index is 0. The van der Waals surface area contributed by atoms with E-state index in [1.165, 1.54) is 0 Å². The maximum atomic E-state index is 8.07. The number of nitrogens with one attached hydrogen (secondary N) is 1. The van der Waals surface area contributed by atoms with Crippen LogP contribution in [0, 0.1) is 22.7 Å². The summed E-state index contributed by atoms with van der Waals surface area (Å²) in [4.78, 5) is 0. The van der Waals surface area contributed by atoms with Crippen LogP contribution >= 0.6 is 12.4 Å². The summed E-state index contributed by atoms with van der Waals surface area (Å²) >= 11 is 0. The van der Waals surface area contributed by atoms with Gasteiger partial charge in [-0.3, -0.25) is 0 Å². The summed E-state index contributed by atoms with van der Waals surface area (Å²) in [5.41, 5.74) is 0. The molecule has 3 nitrogen and oxygen atoms in total. The van der Waals surface area contributed by atoms with Gasteiger partial charge in [0.2, 0.25) is 0 Å². The number of nitrogens with zero attached hydrogens (tertiary/aromatic N) is 2. The normalized spacial score (nSPS) is 7.00. The molecule has 0 atom stereocenters. The first-order valence-corrected chi connectivity index (χ1v) is 2.86. The molecule has 0 saturated carbocycles. The van der Waals surface area contributed by atoms with E-state index in [1.807, 2.05) is 12.1 Å². The van der Waals surface area contributed by atoms with Gasteiger partial charge < -0.3 is 5.32 Å². The van der Waals surface area contributed by atoms with Gasteiger partial charge in [-0.2, -0.15) is 10.5 Å². The van der Waals surface area contributed by atoms with Gasteiger partial charge in [0.05, 0.1) is 12.1 Å². The summed E-state index contributed by atoms with van der Waals surface area (Å²) in [7, 11) is 0. The first kappa shape index (κ1) is 12.0. The fourth-order valence-electron chi connectivity index (χ4n) is 0.414. The van der Waals surface area contributed by atoms with E-state index >= 15 is 0 Å². The fourth-order valence-corrected chi connectivity index (χ4v) is 0.414. The lowest BCUT2D eigenvalue weighted by atomic mass is 10.4. The Bertz CT molecular complexity index is 117. The molecule has 0 aromatic carbocycles. The molecule has 0 aromatic rings. The van der Waals surface area contributed by atoms with Crippen LogP contribution in [0.5, 0.6) is 0 Å². The number of hydrogen-bond donors (Lipinski definition) is 1. The van der Waals surface area contributed by atoms with Crippen LogP contribution in [-0.2, 0) is 0 Å². The number of hydrogen-bond acceptors (Lipinski definition) is 3. The van der Waals surface area contributed by atoms with Crippen LogP contribution in [0.15, 0.2) is 0 Å². The Kier molecular flexibility index (Phi) is 13.3. The molecule has 0 saturated heterocycles. The molecular formula is C6H10ClN3. The fraction of sp³-hybridized carbons (Fsp3) is 0.667. The van der Waals surface area contributed by atoms with Crippen molar-refractivity contribution in [3.63, 3.8) is 0 Å². The Hall–Kier alpha value is -0.770. The van der Waals surface area contributed by atoms with Crippen molar-refractivity contribution in [3.05, 3.63) is 0 Å². The third kappa shape index (κ3) is 10.3. The highest BCUT2D eigenvalue weighted by Crippen LogP contribution is 1.72. The van der Waals surface area contributed by atoms with Crippen molar-refractivity contribution in [1.29, 1.82) is 10.5 Å². The van der Waals surface area contributed by atoms with E-state index in [9.17, 15) is 0 Å². The van der Waals surface area contributed by atoms with Gasteiger partial charge in [-0.25, -0.2) is 0 Å². The maximum Gasteiger partial charge on any atom is 0.0635 e. The summed E-state index contributed by atoms with van der Waals surface area (Å²) in [5.74, 6) is 0. The van der Waals surface area contributed by atoms with E-state index in [0.717, 1.165) is 0 Å². The molecule has 1 N–H and O–H groups in total. The molecular weight excluding hydrogens is 150 g/mol. The van der Waals surface area contributed by atoms with Crippen LogP contribution < -0.4 is 5.32 Å². The number of rotatable bonds is 4. The minimum atomic E-state index is 0. The molecule has 0 aliphatic carbocycles. The highest BCUT2D eigenvalue weighted by Gasteiger charge is 1.82. The zero-order valence-corrected chi connectivity index (χ0v) is 6.45. The minimum Gasteiger partial charge on any atom is -0.315 e. The topological polar surface area (TPSA) is 59.6 Å². The Labute approximate surface area is 67.1 Å². The van der Waals surface area contributed by atoms with E-state index in [0.29, 0.717) is 25.9 Å². The third-order valence-corrected chi connectivity index (χ3v) is 0.827. The van der Waals surface area contributed by atoms with Gasteiger partial charge in [0.25, 0.3) is 0 Å². The van der Waals surface area contributed by atoms with E-state index in [4.69, 9.17) is 10.5 Å². The highest BCUT2D eigenvalue weighted by atomic mass is 35.5. The average Bonchev–Trinajstić information content (AvgIpc) is 1.89. The molecule has 0 aliphatic rings. The lowest BCUT2D eigenvalue weighted by Crippen LogP contribution is -2.15. The SMILES string of the molecule is Cl.N#CCCNCCC#N. The Balaban J connectivity index is 0. The van der Waals surface area contributed by atoms with Gasteiger partial charge in [0.15, 0.2) is 0 Å². The second-order valence-electron chi connectivity index (χ2n) is 1.57. The zero-order chi connectivity index (χ0) is 6.95. The van der Waals surface area contributed by atoms with Crippen molar-refractivity contribution < 1.29 is 0 Å². The molecule has 0 aromatic heterocycles. The van der Waals surface area contributed by atoms with Crippen molar-refractivity contribution in [2.45, 2.75) is 12.8 Å². The highest BCUT2D eigenvalue weighted by molar-refractivity contribution is 5.85. The van der Waals surface area contributed by atoms with Crippen molar-refractivity contribution in [2.24, 2.45) is 0 Å². The smallest absolute Gasteiger partial charge is 0.0635 e. The first-order valence-electron chi connectivity index (χ1n) is 2.86. The Morgan fingerprint density at radius 1 is 1.00 bits per heavy atom. The first-order chi connectivity index (χ1) is 4.41. The van der Waals surface area contributed by atoms with Gasteiger partial charge in [0.1, 0.15) is 0 Å².